The summed E-state index contributed by atoms with van der Waals surface area (Å²) in [6.07, 6.45) is -0.0905. The van der Waals surface area contributed by atoms with E-state index in [0.717, 1.165) is 0 Å². The second-order valence-corrected chi connectivity index (χ2v) is 7.24. The zero-order valence-electron chi connectivity index (χ0n) is 11.0. The fraction of sp³-hybridized carbons (Fsp3) is 0.538. The average Bonchev–Trinajstić information content (AvgIpc) is 2.27. The van der Waals surface area contributed by atoms with Crippen LogP contribution in [0, 0.1) is 0 Å². The number of nitrogens with zero attached hydrogens (tertiary/aromatic N) is 1. The van der Waals surface area contributed by atoms with Crippen LogP contribution in [-0.4, -0.2) is 37.5 Å². The maximum atomic E-state index is 12.5. The van der Waals surface area contributed by atoms with Gasteiger partial charge in [0.1, 0.15) is 0 Å². The van der Waals surface area contributed by atoms with Crippen molar-refractivity contribution in [3.63, 3.8) is 0 Å². The SMILES string of the molecule is CC1CN(S(=O)(=O)c2ccccc2)CC(C)(C)O1. The Morgan fingerprint density at radius 1 is 1.28 bits per heavy atom. The highest BCUT2D eigenvalue weighted by molar-refractivity contribution is 7.89. The number of hydrogen-bond acceptors (Lipinski definition) is 3. The van der Waals surface area contributed by atoms with Gasteiger partial charge in [-0.15, -0.1) is 0 Å². The standard InChI is InChI=1S/C13H19NO3S/c1-11-9-14(10-13(2,3)17-11)18(15,16)12-7-5-4-6-8-12/h4-8,11H,9-10H2,1-3H3. The van der Waals surface area contributed by atoms with Crippen molar-refractivity contribution in [3.8, 4) is 0 Å². The number of morpholine rings is 1. The molecule has 1 atom stereocenters. The molecule has 0 bridgehead atoms. The molecule has 0 amide bonds. The first kappa shape index (κ1) is 13.5. The Bertz CT molecular complexity index is 510. The predicted molar refractivity (Wildman–Crippen MR) is 69.8 cm³/mol. The molecule has 1 aliphatic heterocycles. The summed E-state index contributed by atoms with van der Waals surface area (Å²) in [5, 5.41) is 0. The smallest absolute Gasteiger partial charge is 0.243 e. The van der Waals surface area contributed by atoms with Crippen molar-refractivity contribution < 1.29 is 13.2 Å². The van der Waals surface area contributed by atoms with Gasteiger partial charge in [-0.1, -0.05) is 18.2 Å². The van der Waals surface area contributed by atoms with E-state index in [2.05, 4.69) is 0 Å². The van der Waals surface area contributed by atoms with Crippen molar-refractivity contribution >= 4 is 10.0 Å². The van der Waals surface area contributed by atoms with Gasteiger partial charge in [0.15, 0.2) is 0 Å². The van der Waals surface area contributed by atoms with E-state index < -0.39 is 15.6 Å². The first-order valence-electron chi connectivity index (χ1n) is 6.04. The molecule has 1 fully saturated rings. The van der Waals surface area contributed by atoms with Gasteiger partial charge in [0.2, 0.25) is 10.0 Å². The third kappa shape index (κ3) is 2.74. The molecule has 0 saturated carbocycles. The maximum absolute atomic E-state index is 12.5. The van der Waals surface area contributed by atoms with E-state index in [4.69, 9.17) is 4.74 Å². The van der Waals surface area contributed by atoms with E-state index in [9.17, 15) is 8.42 Å². The van der Waals surface area contributed by atoms with Crippen molar-refractivity contribution in [2.45, 2.75) is 37.4 Å². The van der Waals surface area contributed by atoms with E-state index >= 15 is 0 Å². The highest BCUT2D eigenvalue weighted by atomic mass is 32.2. The summed E-state index contributed by atoms with van der Waals surface area (Å²) in [5.41, 5.74) is -0.445. The quantitative estimate of drug-likeness (QED) is 0.823. The molecule has 1 saturated heterocycles. The third-order valence-corrected chi connectivity index (χ3v) is 4.74. The van der Waals surface area contributed by atoms with Crippen LogP contribution in [-0.2, 0) is 14.8 Å². The van der Waals surface area contributed by atoms with Gasteiger partial charge in [0, 0.05) is 13.1 Å². The molecular formula is C13H19NO3S. The highest BCUT2D eigenvalue weighted by Gasteiger charge is 2.37. The van der Waals surface area contributed by atoms with Crippen molar-refractivity contribution in [2.75, 3.05) is 13.1 Å². The minimum Gasteiger partial charge on any atom is -0.370 e. The van der Waals surface area contributed by atoms with Crippen LogP contribution in [0.2, 0.25) is 0 Å². The lowest BCUT2D eigenvalue weighted by Gasteiger charge is -2.40. The molecule has 0 aromatic heterocycles. The van der Waals surface area contributed by atoms with Gasteiger partial charge in [-0.3, -0.25) is 0 Å². The van der Waals surface area contributed by atoms with Gasteiger partial charge >= 0.3 is 0 Å². The van der Waals surface area contributed by atoms with Crippen LogP contribution < -0.4 is 0 Å². The molecule has 100 valence electrons. The molecule has 2 rings (SSSR count). The fourth-order valence-electron chi connectivity index (χ4n) is 2.32. The Hall–Kier alpha value is -0.910. The van der Waals surface area contributed by atoms with Crippen molar-refractivity contribution in [2.24, 2.45) is 0 Å². The summed E-state index contributed by atoms with van der Waals surface area (Å²) in [6, 6.07) is 8.54. The zero-order chi connectivity index (χ0) is 13.4. The van der Waals surface area contributed by atoms with Crippen molar-refractivity contribution in [3.05, 3.63) is 30.3 Å². The van der Waals surface area contributed by atoms with E-state index in [1.807, 2.05) is 26.8 Å². The summed E-state index contributed by atoms with van der Waals surface area (Å²) in [5.74, 6) is 0. The lowest BCUT2D eigenvalue weighted by Crippen LogP contribution is -2.53. The van der Waals surface area contributed by atoms with E-state index in [1.54, 1.807) is 24.3 Å². The van der Waals surface area contributed by atoms with E-state index in [-0.39, 0.29) is 6.10 Å². The molecule has 1 heterocycles. The summed E-state index contributed by atoms with van der Waals surface area (Å²) in [6.45, 7) is 6.51. The topological polar surface area (TPSA) is 46.6 Å². The number of hydrogen-bond donors (Lipinski definition) is 0. The Morgan fingerprint density at radius 3 is 2.44 bits per heavy atom. The van der Waals surface area contributed by atoms with E-state index in [1.165, 1.54) is 4.31 Å². The molecule has 5 heteroatoms. The molecule has 1 aliphatic rings. The molecule has 4 nitrogen and oxygen atoms in total. The van der Waals surface area contributed by atoms with Crippen LogP contribution in [0.3, 0.4) is 0 Å². The molecule has 18 heavy (non-hydrogen) atoms. The summed E-state index contributed by atoms with van der Waals surface area (Å²) >= 11 is 0. The predicted octanol–water partition coefficient (Wildman–Crippen LogP) is 1.87. The van der Waals surface area contributed by atoms with Gasteiger partial charge < -0.3 is 4.74 Å². The van der Waals surface area contributed by atoms with Crippen LogP contribution in [0.5, 0.6) is 0 Å². The highest BCUT2D eigenvalue weighted by Crippen LogP contribution is 2.26. The number of ether oxygens (including phenoxy) is 1. The monoisotopic (exact) mass is 269 g/mol. The maximum Gasteiger partial charge on any atom is 0.243 e. The van der Waals surface area contributed by atoms with Crippen LogP contribution in [0.15, 0.2) is 35.2 Å². The Kier molecular flexibility index (Phi) is 3.49. The first-order chi connectivity index (χ1) is 8.31. The Morgan fingerprint density at radius 2 is 1.89 bits per heavy atom. The minimum absolute atomic E-state index is 0.0905. The molecule has 1 aromatic carbocycles. The second kappa shape index (κ2) is 4.64. The lowest BCUT2D eigenvalue weighted by molar-refractivity contribution is -0.109. The molecule has 0 radical (unpaired) electrons. The summed E-state index contributed by atoms with van der Waals surface area (Å²) in [7, 11) is -3.41. The van der Waals surface area contributed by atoms with Gasteiger partial charge in [-0.2, -0.15) is 4.31 Å². The Balaban J connectivity index is 2.31. The number of sulfonamides is 1. The van der Waals surface area contributed by atoms with Crippen molar-refractivity contribution in [1.29, 1.82) is 0 Å². The minimum atomic E-state index is -3.41. The van der Waals surface area contributed by atoms with E-state index in [0.29, 0.717) is 18.0 Å². The number of rotatable bonds is 2. The third-order valence-electron chi connectivity index (χ3n) is 2.92. The van der Waals surface area contributed by atoms with Gasteiger partial charge in [-0.05, 0) is 32.9 Å². The largest absolute Gasteiger partial charge is 0.370 e. The van der Waals surface area contributed by atoms with Gasteiger partial charge in [0.25, 0.3) is 0 Å². The number of benzene rings is 1. The molecule has 0 spiro atoms. The molecular weight excluding hydrogens is 250 g/mol. The zero-order valence-corrected chi connectivity index (χ0v) is 11.8. The van der Waals surface area contributed by atoms with Gasteiger partial charge in [-0.25, -0.2) is 8.42 Å². The Labute approximate surface area is 109 Å². The van der Waals surface area contributed by atoms with Crippen molar-refractivity contribution in [1.82, 2.24) is 4.31 Å². The summed E-state index contributed by atoms with van der Waals surface area (Å²) in [4.78, 5) is 0.343. The fourth-order valence-corrected chi connectivity index (χ4v) is 4.01. The first-order valence-corrected chi connectivity index (χ1v) is 7.48. The normalized spacial score (nSPS) is 24.9. The molecule has 1 unspecified atom stereocenters. The lowest BCUT2D eigenvalue weighted by atomic mass is 10.1. The second-order valence-electron chi connectivity index (χ2n) is 5.30. The summed E-state index contributed by atoms with van der Waals surface area (Å²) < 4.78 is 32.2. The molecule has 1 aromatic rings. The average molecular weight is 269 g/mol. The molecule has 0 N–H and O–H groups in total. The van der Waals surface area contributed by atoms with Crippen LogP contribution in [0.25, 0.3) is 0 Å². The van der Waals surface area contributed by atoms with Crippen LogP contribution in [0.1, 0.15) is 20.8 Å². The molecule has 0 aliphatic carbocycles. The van der Waals surface area contributed by atoms with Crippen LogP contribution in [0.4, 0.5) is 0 Å². The van der Waals surface area contributed by atoms with Crippen LogP contribution >= 0.6 is 0 Å². The van der Waals surface area contributed by atoms with Gasteiger partial charge in [0.05, 0.1) is 16.6 Å².